The number of furan rings is 1. The molecule has 0 fully saturated rings. The molecular weight excluding hydrogens is 162 g/mol. The Labute approximate surface area is 77.3 Å². The number of hydrogen-bond acceptors (Lipinski definition) is 2. The highest BCUT2D eigenvalue weighted by Crippen LogP contribution is 2.25. The van der Waals surface area contributed by atoms with Gasteiger partial charge in [-0.05, 0) is 12.5 Å². The lowest BCUT2D eigenvalue weighted by atomic mass is 10.0. The summed E-state index contributed by atoms with van der Waals surface area (Å²) < 4.78 is 5.39. The molecule has 2 rings (SSSR count). The van der Waals surface area contributed by atoms with Gasteiger partial charge in [-0.15, -0.1) is 0 Å². The van der Waals surface area contributed by atoms with Crippen LogP contribution in [0.15, 0.2) is 34.9 Å². The van der Waals surface area contributed by atoms with Gasteiger partial charge < -0.3 is 10.2 Å². The first-order valence-corrected chi connectivity index (χ1v) is 4.54. The second-order valence-electron chi connectivity index (χ2n) is 3.20. The van der Waals surface area contributed by atoms with Gasteiger partial charge >= 0.3 is 0 Å². The van der Waals surface area contributed by atoms with Crippen LogP contribution < -0.4 is 5.73 Å². The van der Waals surface area contributed by atoms with Crippen molar-refractivity contribution in [2.45, 2.75) is 19.4 Å². The molecular formula is C11H13NO. The molecule has 0 saturated carbocycles. The van der Waals surface area contributed by atoms with Gasteiger partial charge in [0.2, 0.25) is 0 Å². The number of fused-ring (bicyclic) bond motifs is 1. The van der Waals surface area contributed by atoms with E-state index in [-0.39, 0.29) is 6.04 Å². The Kier molecular flexibility index (Phi) is 2.07. The van der Waals surface area contributed by atoms with E-state index < -0.39 is 0 Å². The van der Waals surface area contributed by atoms with Crippen LogP contribution in [0.1, 0.15) is 24.9 Å². The molecule has 2 N–H and O–H groups in total. The van der Waals surface area contributed by atoms with Gasteiger partial charge in [0.15, 0.2) is 0 Å². The van der Waals surface area contributed by atoms with E-state index in [4.69, 9.17) is 10.2 Å². The molecule has 1 atom stereocenters. The zero-order valence-electron chi connectivity index (χ0n) is 7.66. The second-order valence-corrected chi connectivity index (χ2v) is 3.20. The van der Waals surface area contributed by atoms with E-state index in [1.807, 2.05) is 24.3 Å². The molecule has 2 heteroatoms. The van der Waals surface area contributed by atoms with Crippen LogP contribution in [0.5, 0.6) is 0 Å². The fraction of sp³-hybridized carbons (Fsp3) is 0.273. The van der Waals surface area contributed by atoms with Gasteiger partial charge in [0.25, 0.3) is 0 Å². The predicted molar refractivity (Wildman–Crippen MR) is 53.4 cm³/mol. The van der Waals surface area contributed by atoms with Gasteiger partial charge in [-0.1, -0.05) is 25.1 Å². The van der Waals surface area contributed by atoms with E-state index in [0.717, 1.165) is 23.0 Å². The highest BCUT2D eigenvalue weighted by molar-refractivity contribution is 5.80. The van der Waals surface area contributed by atoms with Crippen LogP contribution in [-0.2, 0) is 0 Å². The minimum Gasteiger partial charge on any atom is -0.464 e. The van der Waals surface area contributed by atoms with Crippen molar-refractivity contribution in [1.82, 2.24) is 0 Å². The van der Waals surface area contributed by atoms with E-state index in [1.54, 1.807) is 6.26 Å². The minimum atomic E-state index is 0.0786. The lowest BCUT2D eigenvalue weighted by Gasteiger charge is -2.08. The summed E-state index contributed by atoms with van der Waals surface area (Å²) in [5.74, 6) is 0. The Morgan fingerprint density at radius 3 is 3.00 bits per heavy atom. The van der Waals surface area contributed by atoms with Crippen LogP contribution in [0, 0.1) is 0 Å². The molecule has 13 heavy (non-hydrogen) atoms. The highest BCUT2D eigenvalue weighted by Gasteiger charge is 2.09. The smallest absolute Gasteiger partial charge is 0.138 e. The molecule has 0 bridgehead atoms. The Hall–Kier alpha value is -1.28. The van der Waals surface area contributed by atoms with E-state index in [9.17, 15) is 0 Å². The summed E-state index contributed by atoms with van der Waals surface area (Å²) >= 11 is 0. The monoisotopic (exact) mass is 175 g/mol. The predicted octanol–water partition coefficient (Wildman–Crippen LogP) is 2.84. The van der Waals surface area contributed by atoms with Crippen LogP contribution in [-0.4, -0.2) is 0 Å². The molecule has 1 aromatic heterocycles. The summed E-state index contributed by atoms with van der Waals surface area (Å²) in [4.78, 5) is 0. The number of nitrogens with two attached hydrogens (primary N) is 1. The average molecular weight is 175 g/mol. The summed E-state index contributed by atoms with van der Waals surface area (Å²) in [6, 6.07) is 8.11. The molecule has 1 aromatic carbocycles. The summed E-state index contributed by atoms with van der Waals surface area (Å²) in [6.45, 7) is 2.08. The quantitative estimate of drug-likeness (QED) is 0.762. The van der Waals surface area contributed by atoms with E-state index in [2.05, 4.69) is 6.92 Å². The van der Waals surface area contributed by atoms with Crippen LogP contribution in [0.3, 0.4) is 0 Å². The van der Waals surface area contributed by atoms with Crippen molar-refractivity contribution in [2.24, 2.45) is 5.73 Å². The van der Waals surface area contributed by atoms with Crippen LogP contribution >= 0.6 is 0 Å². The maximum absolute atomic E-state index is 5.96. The van der Waals surface area contributed by atoms with Gasteiger partial charge in [-0.25, -0.2) is 0 Å². The molecule has 0 amide bonds. The molecule has 2 aromatic rings. The number of benzene rings is 1. The maximum atomic E-state index is 5.96. The van der Waals surface area contributed by atoms with Crippen molar-refractivity contribution in [3.05, 3.63) is 36.1 Å². The zero-order chi connectivity index (χ0) is 9.26. The van der Waals surface area contributed by atoms with Gasteiger partial charge in [0.05, 0.1) is 6.26 Å². The molecule has 0 radical (unpaired) electrons. The van der Waals surface area contributed by atoms with E-state index in [1.165, 1.54) is 0 Å². The standard InChI is InChI=1S/C11H13NO/c1-2-10(12)9-5-3-4-8-6-7-13-11(8)9/h3-7,10H,2,12H2,1H3/t10-/m1/s1. The molecule has 0 aliphatic heterocycles. The molecule has 68 valence electrons. The van der Waals surface area contributed by atoms with Gasteiger partial charge in [-0.2, -0.15) is 0 Å². The molecule has 0 aliphatic carbocycles. The maximum Gasteiger partial charge on any atom is 0.138 e. The third-order valence-electron chi connectivity index (χ3n) is 2.35. The summed E-state index contributed by atoms with van der Waals surface area (Å²) in [7, 11) is 0. The normalized spacial score (nSPS) is 13.4. The number of hydrogen-bond donors (Lipinski definition) is 1. The van der Waals surface area contributed by atoms with Crippen molar-refractivity contribution in [3.8, 4) is 0 Å². The Balaban J connectivity index is 2.60. The molecule has 0 aliphatic rings. The fourth-order valence-electron chi connectivity index (χ4n) is 1.53. The molecule has 0 spiro atoms. The van der Waals surface area contributed by atoms with Crippen molar-refractivity contribution in [2.75, 3.05) is 0 Å². The fourth-order valence-corrected chi connectivity index (χ4v) is 1.53. The molecule has 1 heterocycles. The van der Waals surface area contributed by atoms with Crippen LogP contribution in [0.2, 0.25) is 0 Å². The van der Waals surface area contributed by atoms with Crippen molar-refractivity contribution in [3.63, 3.8) is 0 Å². The van der Waals surface area contributed by atoms with Crippen molar-refractivity contribution < 1.29 is 4.42 Å². The lowest BCUT2D eigenvalue weighted by molar-refractivity contribution is 0.598. The summed E-state index contributed by atoms with van der Waals surface area (Å²) in [6.07, 6.45) is 2.64. The summed E-state index contributed by atoms with van der Waals surface area (Å²) in [5, 5.41) is 1.13. The summed E-state index contributed by atoms with van der Waals surface area (Å²) in [5.41, 5.74) is 7.99. The zero-order valence-corrected chi connectivity index (χ0v) is 7.66. The largest absolute Gasteiger partial charge is 0.464 e. The van der Waals surface area contributed by atoms with Crippen molar-refractivity contribution in [1.29, 1.82) is 0 Å². The second kappa shape index (κ2) is 3.23. The Morgan fingerprint density at radius 1 is 1.38 bits per heavy atom. The SMILES string of the molecule is CC[C@@H](N)c1cccc2ccoc12. The number of para-hydroxylation sites is 1. The van der Waals surface area contributed by atoms with Gasteiger partial charge in [0, 0.05) is 17.0 Å². The van der Waals surface area contributed by atoms with Crippen LogP contribution in [0.4, 0.5) is 0 Å². The first-order chi connectivity index (χ1) is 6.33. The molecule has 2 nitrogen and oxygen atoms in total. The first-order valence-electron chi connectivity index (χ1n) is 4.54. The Morgan fingerprint density at radius 2 is 2.23 bits per heavy atom. The van der Waals surface area contributed by atoms with E-state index in [0.29, 0.717) is 0 Å². The van der Waals surface area contributed by atoms with Gasteiger partial charge in [0.1, 0.15) is 5.58 Å². The topological polar surface area (TPSA) is 39.2 Å². The first kappa shape index (κ1) is 8.32. The Bertz CT molecular complexity index is 405. The lowest BCUT2D eigenvalue weighted by Crippen LogP contribution is -2.08. The molecule has 0 saturated heterocycles. The minimum absolute atomic E-state index is 0.0786. The molecule has 0 unspecified atom stereocenters. The van der Waals surface area contributed by atoms with E-state index >= 15 is 0 Å². The third-order valence-corrected chi connectivity index (χ3v) is 2.35. The average Bonchev–Trinajstić information content (AvgIpc) is 2.63. The van der Waals surface area contributed by atoms with Crippen molar-refractivity contribution >= 4 is 11.0 Å². The number of rotatable bonds is 2. The van der Waals surface area contributed by atoms with Gasteiger partial charge in [-0.3, -0.25) is 0 Å². The highest BCUT2D eigenvalue weighted by atomic mass is 16.3. The third kappa shape index (κ3) is 1.33. The van der Waals surface area contributed by atoms with Crippen LogP contribution in [0.25, 0.3) is 11.0 Å².